The van der Waals surface area contributed by atoms with Crippen molar-refractivity contribution in [2.24, 2.45) is 5.92 Å². The van der Waals surface area contributed by atoms with Gasteiger partial charge in [-0.1, -0.05) is 66.8 Å². The molecule has 0 radical (unpaired) electrons. The lowest BCUT2D eigenvalue weighted by Crippen LogP contribution is -2.51. The molecule has 272 valence electrons. The first-order valence-corrected chi connectivity index (χ1v) is 21.1. The monoisotopic (exact) mass is 729 g/mol. The minimum Gasteiger partial charge on any atom is -0.497 e. The molecule has 11 nitrogen and oxygen atoms in total. The minimum atomic E-state index is -2.38. The molecule has 3 aliphatic heterocycles. The highest BCUT2D eigenvalue weighted by Gasteiger charge is 2.66. The maximum absolute atomic E-state index is 14.8. The number of carbonyl (C=O) groups is 2. The van der Waals surface area contributed by atoms with Crippen molar-refractivity contribution in [2.45, 2.75) is 56.7 Å². The molecular weight excluding hydrogens is 687 g/mol. The summed E-state index contributed by atoms with van der Waals surface area (Å²) < 4.78 is 20.8. The molecule has 1 saturated heterocycles. The number of ether oxygens (including phenoxy) is 3. The van der Waals surface area contributed by atoms with Crippen LogP contribution in [0.25, 0.3) is 0 Å². The Hall–Kier alpha value is -5.30. The first kappa shape index (κ1) is 34.8. The molecular formula is C41H43N5O6Si. The van der Waals surface area contributed by atoms with Crippen LogP contribution in [0.3, 0.4) is 0 Å². The van der Waals surface area contributed by atoms with E-state index >= 15 is 0 Å². The Labute approximate surface area is 309 Å². The summed E-state index contributed by atoms with van der Waals surface area (Å²) in [6.45, 7) is 7.39. The zero-order valence-electron chi connectivity index (χ0n) is 30.5. The smallest absolute Gasteiger partial charge is 0.266 e. The standard InChI is InChI=1S/C41H43N5O6Si/c1-26-38(53(4,5)30-17-15-29(50-3)16-18-30)37(20-22-45-25-27(21-23-47)42-43-45)52-41(26)32-24-28(14-19-33(32)44(2)40(41)49)46-34-11-7-9-13-36(34)51-35-12-8-6-10-31(35)39(46)48/h6-19,24-26,37-38,47H,20-23H2,1-5H3/t26-,37+,38-,41+/m1/s1. The number of para-hydroxylation sites is 3. The van der Waals surface area contributed by atoms with E-state index in [1.807, 2.05) is 72.9 Å². The van der Waals surface area contributed by atoms with Crippen molar-refractivity contribution in [1.29, 1.82) is 0 Å². The number of aromatic nitrogens is 3. The van der Waals surface area contributed by atoms with E-state index in [4.69, 9.17) is 14.2 Å². The molecule has 1 aromatic heterocycles. The quantitative estimate of drug-likeness (QED) is 0.179. The minimum absolute atomic E-state index is 0.000634. The largest absolute Gasteiger partial charge is 0.497 e. The van der Waals surface area contributed by atoms with E-state index in [1.165, 1.54) is 5.19 Å². The zero-order valence-corrected chi connectivity index (χ0v) is 31.5. The van der Waals surface area contributed by atoms with E-state index in [0.29, 0.717) is 47.8 Å². The second-order valence-electron chi connectivity index (χ2n) is 14.7. The third-order valence-electron chi connectivity index (χ3n) is 11.5. The molecule has 2 amide bonds. The Morgan fingerprint density at radius 3 is 2.43 bits per heavy atom. The number of rotatable bonds is 9. The van der Waals surface area contributed by atoms with Crippen LogP contribution in [0.5, 0.6) is 17.2 Å². The highest BCUT2D eigenvalue weighted by Crippen LogP contribution is 2.60. The maximum atomic E-state index is 14.8. The van der Waals surface area contributed by atoms with E-state index in [2.05, 4.69) is 42.5 Å². The zero-order chi connectivity index (χ0) is 37.1. The van der Waals surface area contributed by atoms with Crippen molar-refractivity contribution in [2.75, 3.05) is 30.6 Å². The van der Waals surface area contributed by atoms with E-state index < -0.39 is 13.7 Å². The van der Waals surface area contributed by atoms with Gasteiger partial charge >= 0.3 is 0 Å². The summed E-state index contributed by atoms with van der Waals surface area (Å²) in [5, 5.41) is 19.2. The van der Waals surface area contributed by atoms with E-state index in [1.54, 1.807) is 40.8 Å². The van der Waals surface area contributed by atoms with Gasteiger partial charge in [-0.2, -0.15) is 0 Å². The number of aryl methyl sites for hydroxylation is 1. The molecule has 0 bridgehead atoms. The summed E-state index contributed by atoms with van der Waals surface area (Å²) in [4.78, 5) is 32.6. The number of aliphatic hydroxyl groups excluding tert-OH is 1. The predicted octanol–water partition coefficient (Wildman–Crippen LogP) is 6.19. The summed E-state index contributed by atoms with van der Waals surface area (Å²) in [6.07, 6.45) is 2.59. The summed E-state index contributed by atoms with van der Waals surface area (Å²) in [5.74, 6) is 1.27. The highest BCUT2D eigenvalue weighted by atomic mass is 28.3. The van der Waals surface area contributed by atoms with Crippen LogP contribution in [0.15, 0.2) is 97.2 Å². The van der Waals surface area contributed by atoms with E-state index in [0.717, 1.165) is 22.7 Å². The second kappa shape index (κ2) is 13.3. The molecule has 0 unspecified atom stereocenters. The normalized spacial score (nSPS) is 22.0. The van der Waals surface area contributed by atoms with Gasteiger partial charge in [0.25, 0.3) is 11.8 Å². The number of aliphatic hydroxyl groups is 1. The Morgan fingerprint density at radius 1 is 0.943 bits per heavy atom. The molecule has 5 aromatic rings. The highest BCUT2D eigenvalue weighted by molar-refractivity contribution is 6.91. The first-order valence-electron chi connectivity index (χ1n) is 18.0. The van der Waals surface area contributed by atoms with Gasteiger partial charge in [0, 0.05) is 50.0 Å². The number of hydrogen-bond acceptors (Lipinski definition) is 8. The van der Waals surface area contributed by atoms with Crippen molar-refractivity contribution in [3.63, 3.8) is 0 Å². The molecule has 1 N–H and O–H groups in total. The predicted molar refractivity (Wildman–Crippen MR) is 204 cm³/mol. The number of amides is 2. The summed E-state index contributed by atoms with van der Waals surface area (Å²) in [7, 11) is 1.08. The van der Waals surface area contributed by atoms with Gasteiger partial charge in [-0.25, -0.2) is 0 Å². The maximum Gasteiger partial charge on any atom is 0.266 e. The van der Waals surface area contributed by atoms with Crippen molar-refractivity contribution in [3.05, 3.63) is 114 Å². The van der Waals surface area contributed by atoms with Crippen molar-refractivity contribution >= 4 is 42.1 Å². The molecule has 4 aromatic carbocycles. The van der Waals surface area contributed by atoms with Gasteiger partial charge in [-0.15, -0.1) is 5.10 Å². The molecule has 1 fully saturated rings. The fourth-order valence-corrected chi connectivity index (χ4v) is 12.9. The number of fused-ring (bicyclic) bond motifs is 4. The first-order chi connectivity index (χ1) is 25.6. The molecule has 3 aliphatic rings. The topological polar surface area (TPSA) is 119 Å². The van der Waals surface area contributed by atoms with Crippen molar-refractivity contribution < 1.29 is 28.9 Å². The Bertz CT molecular complexity index is 2210. The average molecular weight is 730 g/mol. The second-order valence-corrected chi connectivity index (χ2v) is 19.4. The van der Waals surface area contributed by atoms with Crippen LogP contribution >= 0.6 is 0 Å². The third kappa shape index (κ3) is 5.55. The molecule has 4 atom stereocenters. The van der Waals surface area contributed by atoms with E-state index in [9.17, 15) is 14.7 Å². The van der Waals surface area contributed by atoms with Crippen LogP contribution < -0.4 is 24.5 Å². The number of nitrogens with zero attached hydrogens (tertiary/aromatic N) is 5. The van der Waals surface area contributed by atoms with Gasteiger partial charge < -0.3 is 24.2 Å². The molecule has 8 rings (SSSR count). The number of anilines is 3. The van der Waals surface area contributed by atoms with Crippen LogP contribution in [0.2, 0.25) is 18.6 Å². The van der Waals surface area contributed by atoms with Crippen LogP contribution in [0.1, 0.15) is 35.0 Å². The van der Waals surface area contributed by atoms with Crippen LogP contribution in [0, 0.1) is 5.92 Å². The molecule has 1 spiro atoms. The lowest BCUT2D eigenvalue weighted by atomic mass is 9.82. The van der Waals surface area contributed by atoms with Gasteiger partial charge in [0.1, 0.15) is 11.5 Å². The molecule has 4 heterocycles. The Morgan fingerprint density at radius 2 is 1.68 bits per heavy atom. The van der Waals surface area contributed by atoms with Crippen LogP contribution in [-0.2, 0) is 28.1 Å². The number of methoxy groups -OCH3 is 1. The van der Waals surface area contributed by atoms with Crippen molar-refractivity contribution in [1.82, 2.24) is 15.0 Å². The third-order valence-corrected chi connectivity index (χ3v) is 15.8. The van der Waals surface area contributed by atoms with Gasteiger partial charge in [-0.3, -0.25) is 19.2 Å². The lowest BCUT2D eigenvalue weighted by molar-refractivity contribution is -0.145. The van der Waals surface area contributed by atoms with Gasteiger partial charge in [0.2, 0.25) is 0 Å². The summed E-state index contributed by atoms with van der Waals surface area (Å²) in [5.41, 5.74) is 2.62. The Balaban J connectivity index is 1.24. The fraction of sp³-hybridized carbons (Fsp3) is 0.317. The Kier molecular flexibility index (Phi) is 8.71. The summed E-state index contributed by atoms with van der Waals surface area (Å²) in [6, 6.07) is 28.8. The number of benzene rings is 4. The van der Waals surface area contributed by atoms with Gasteiger partial charge in [0.05, 0.1) is 43.9 Å². The number of hydrogen-bond donors (Lipinski definition) is 1. The van der Waals surface area contributed by atoms with Crippen molar-refractivity contribution in [3.8, 4) is 17.2 Å². The van der Waals surface area contributed by atoms with Gasteiger partial charge in [-0.05, 0) is 66.6 Å². The average Bonchev–Trinajstić information content (AvgIpc) is 3.78. The SMILES string of the molecule is COc1ccc([Si](C)(C)[C@H]2[C@H](CCn3cc(CCO)nn3)O[C@@]3(C(=O)N(C)c4ccc(N5C(=O)c6ccccc6Oc6ccccc65)cc43)[C@@H]2C)cc1. The number of likely N-dealkylation sites (N-methyl/N-ethyl adjacent to an activating group) is 1. The van der Waals surface area contributed by atoms with E-state index in [-0.39, 0.29) is 36.0 Å². The van der Waals surface area contributed by atoms with Gasteiger partial charge in [0.15, 0.2) is 11.4 Å². The van der Waals surface area contributed by atoms with Crippen LogP contribution in [0.4, 0.5) is 17.1 Å². The van der Waals surface area contributed by atoms with Crippen LogP contribution in [-0.4, -0.2) is 66.9 Å². The molecule has 0 saturated carbocycles. The summed E-state index contributed by atoms with van der Waals surface area (Å²) >= 11 is 0. The molecule has 53 heavy (non-hydrogen) atoms. The molecule has 0 aliphatic carbocycles. The number of carbonyl (C=O) groups excluding carboxylic acids is 2. The lowest BCUT2D eigenvalue weighted by Gasteiger charge is -2.37. The molecule has 12 heteroatoms. The fourth-order valence-electron chi connectivity index (χ4n) is 8.82.